The van der Waals surface area contributed by atoms with Crippen LogP contribution in [0.3, 0.4) is 0 Å². The first-order valence-corrected chi connectivity index (χ1v) is 12.8. The predicted molar refractivity (Wildman–Crippen MR) is 131 cm³/mol. The van der Waals surface area contributed by atoms with Gasteiger partial charge in [0.15, 0.2) is 5.82 Å². The first-order valence-electron chi connectivity index (χ1n) is 12.4. The molecule has 1 fully saturated rings. The normalized spacial score (nSPS) is 18.8. The van der Waals surface area contributed by atoms with Gasteiger partial charge in [0.25, 0.3) is 0 Å². The number of benzene rings is 1. The number of unbranched alkanes of at least 4 members (excludes halogenated alkanes) is 3. The molecule has 0 unspecified atom stereocenters. The van der Waals surface area contributed by atoms with Crippen LogP contribution < -0.4 is 4.74 Å². The summed E-state index contributed by atoms with van der Waals surface area (Å²) in [4.78, 5) is 9.20. The summed E-state index contributed by atoms with van der Waals surface area (Å²) in [6, 6.07) is 5.81. The highest BCUT2D eigenvalue weighted by Crippen LogP contribution is 2.34. The van der Waals surface area contributed by atoms with E-state index >= 15 is 0 Å². The lowest BCUT2D eigenvalue weighted by atomic mass is 9.78. The van der Waals surface area contributed by atoms with E-state index in [1.165, 1.54) is 63.4 Å². The fraction of sp³-hybridized carbons (Fsp3) is 0.630. The lowest BCUT2D eigenvalue weighted by Crippen LogP contribution is -2.15. The predicted octanol–water partition coefficient (Wildman–Crippen LogP) is 8.30. The Balaban J connectivity index is 1.45. The van der Waals surface area contributed by atoms with E-state index in [1.807, 2.05) is 30.6 Å². The highest BCUT2D eigenvalue weighted by molar-refractivity contribution is 6.32. The number of rotatable bonds is 12. The Hall–Kier alpha value is -1.61. The molecule has 1 aromatic carbocycles. The van der Waals surface area contributed by atoms with Crippen LogP contribution in [0, 0.1) is 11.8 Å². The van der Waals surface area contributed by atoms with Crippen LogP contribution in [0.2, 0.25) is 5.02 Å². The standard InChI is InChI=1S/C27H39ClN2O/c1-3-5-7-8-21-9-11-22(12-10-21)13-14-23-19-29-27(30-20-23)24-15-16-26(25(28)18-24)31-17-6-4-2/h15-16,18-22H,3-14,17H2,1-2H3/t21-,22-. The zero-order chi connectivity index (χ0) is 21.9. The molecule has 1 heterocycles. The molecule has 0 N–H and O–H groups in total. The summed E-state index contributed by atoms with van der Waals surface area (Å²) >= 11 is 6.39. The van der Waals surface area contributed by atoms with Crippen molar-refractivity contribution in [2.75, 3.05) is 6.61 Å². The Morgan fingerprint density at radius 1 is 0.903 bits per heavy atom. The van der Waals surface area contributed by atoms with E-state index in [0.717, 1.165) is 48.2 Å². The minimum atomic E-state index is 0.617. The van der Waals surface area contributed by atoms with Crippen molar-refractivity contribution in [1.82, 2.24) is 9.97 Å². The molecule has 0 saturated heterocycles. The molecule has 1 aliphatic rings. The lowest BCUT2D eigenvalue weighted by molar-refractivity contribution is 0.249. The molecule has 0 radical (unpaired) electrons. The summed E-state index contributed by atoms with van der Waals surface area (Å²) in [5.74, 6) is 3.32. The molecule has 1 aliphatic carbocycles. The second kappa shape index (κ2) is 13.1. The number of aryl methyl sites for hydroxylation is 1. The van der Waals surface area contributed by atoms with E-state index in [1.54, 1.807) is 0 Å². The molecule has 0 spiro atoms. The van der Waals surface area contributed by atoms with Crippen LogP contribution in [0.5, 0.6) is 5.75 Å². The van der Waals surface area contributed by atoms with E-state index in [-0.39, 0.29) is 0 Å². The number of hydrogen-bond donors (Lipinski definition) is 0. The highest BCUT2D eigenvalue weighted by Gasteiger charge is 2.20. The third kappa shape index (κ3) is 7.79. The van der Waals surface area contributed by atoms with Crippen molar-refractivity contribution in [2.45, 2.75) is 90.9 Å². The van der Waals surface area contributed by atoms with Gasteiger partial charge in [0.2, 0.25) is 0 Å². The molecule has 1 aromatic heterocycles. The van der Waals surface area contributed by atoms with Crippen LogP contribution in [-0.2, 0) is 6.42 Å². The quantitative estimate of drug-likeness (QED) is 0.310. The van der Waals surface area contributed by atoms with Crippen LogP contribution in [-0.4, -0.2) is 16.6 Å². The van der Waals surface area contributed by atoms with Gasteiger partial charge in [-0.05, 0) is 54.9 Å². The largest absolute Gasteiger partial charge is 0.492 e. The van der Waals surface area contributed by atoms with E-state index in [9.17, 15) is 0 Å². The molecule has 31 heavy (non-hydrogen) atoms. The first kappa shape index (κ1) is 24.0. The van der Waals surface area contributed by atoms with Gasteiger partial charge in [0.1, 0.15) is 5.75 Å². The van der Waals surface area contributed by atoms with Gasteiger partial charge < -0.3 is 4.74 Å². The van der Waals surface area contributed by atoms with Gasteiger partial charge in [-0.15, -0.1) is 0 Å². The molecular formula is C27H39ClN2O. The van der Waals surface area contributed by atoms with Crippen LogP contribution in [0.1, 0.15) is 90.0 Å². The van der Waals surface area contributed by atoms with E-state index in [4.69, 9.17) is 16.3 Å². The molecule has 0 bridgehead atoms. The molecular weight excluding hydrogens is 404 g/mol. The molecule has 0 atom stereocenters. The number of nitrogens with zero attached hydrogens (tertiary/aromatic N) is 2. The SMILES string of the molecule is CCCCC[C@H]1CC[C@H](CCc2cnc(-c3ccc(OCCCC)c(Cl)c3)nc2)CC1. The van der Waals surface area contributed by atoms with Gasteiger partial charge in [0.05, 0.1) is 11.6 Å². The summed E-state index contributed by atoms with van der Waals surface area (Å²) in [6.07, 6.45) is 19.7. The average molecular weight is 443 g/mol. The summed E-state index contributed by atoms with van der Waals surface area (Å²) in [7, 11) is 0. The van der Waals surface area contributed by atoms with Gasteiger partial charge in [-0.1, -0.05) is 83.2 Å². The Kier molecular flexibility index (Phi) is 10.1. The Morgan fingerprint density at radius 3 is 2.23 bits per heavy atom. The minimum absolute atomic E-state index is 0.617. The van der Waals surface area contributed by atoms with Gasteiger partial charge in [-0.3, -0.25) is 0 Å². The summed E-state index contributed by atoms with van der Waals surface area (Å²) in [5, 5.41) is 0.617. The average Bonchev–Trinajstić information content (AvgIpc) is 2.80. The molecule has 0 aliphatic heterocycles. The molecule has 3 nitrogen and oxygen atoms in total. The number of ether oxygens (including phenoxy) is 1. The lowest BCUT2D eigenvalue weighted by Gasteiger charge is -2.28. The molecule has 4 heteroatoms. The van der Waals surface area contributed by atoms with Crippen molar-refractivity contribution in [2.24, 2.45) is 11.8 Å². The fourth-order valence-corrected chi connectivity index (χ4v) is 4.81. The maximum atomic E-state index is 6.39. The Bertz CT molecular complexity index is 769. The maximum Gasteiger partial charge on any atom is 0.159 e. The topological polar surface area (TPSA) is 35.0 Å². The van der Waals surface area contributed by atoms with Gasteiger partial charge in [-0.2, -0.15) is 0 Å². The van der Waals surface area contributed by atoms with Crippen molar-refractivity contribution in [3.8, 4) is 17.1 Å². The van der Waals surface area contributed by atoms with Gasteiger partial charge in [-0.25, -0.2) is 9.97 Å². The monoisotopic (exact) mass is 442 g/mol. The molecule has 2 aromatic rings. The van der Waals surface area contributed by atoms with Gasteiger partial charge in [0, 0.05) is 18.0 Å². The minimum Gasteiger partial charge on any atom is -0.492 e. The third-order valence-electron chi connectivity index (χ3n) is 6.67. The molecule has 170 valence electrons. The van der Waals surface area contributed by atoms with Crippen LogP contribution in [0.15, 0.2) is 30.6 Å². The second-order valence-corrected chi connectivity index (χ2v) is 9.59. The van der Waals surface area contributed by atoms with Crippen LogP contribution in [0.4, 0.5) is 0 Å². The zero-order valence-corrected chi connectivity index (χ0v) is 20.2. The molecule has 0 amide bonds. The number of aromatic nitrogens is 2. The molecule has 3 rings (SSSR count). The zero-order valence-electron chi connectivity index (χ0n) is 19.4. The van der Waals surface area contributed by atoms with Crippen molar-refractivity contribution in [3.63, 3.8) is 0 Å². The fourth-order valence-electron chi connectivity index (χ4n) is 4.58. The smallest absolute Gasteiger partial charge is 0.159 e. The maximum absolute atomic E-state index is 6.39. The first-order chi connectivity index (χ1) is 15.2. The third-order valence-corrected chi connectivity index (χ3v) is 6.97. The Labute approximate surface area is 194 Å². The summed E-state index contributed by atoms with van der Waals surface area (Å²) in [5.41, 5.74) is 2.17. The number of hydrogen-bond acceptors (Lipinski definition) is 3. The summed E-state index contributed by atoms with van der Waals surface area (Å²) in [6.45, 7) is 5.14. The molecule has 1 saturated carbocycles. The van der Waals surface area contributed by atoms with E-state index in [0.29, 0.717) is 11.6 Å². The Morgan fingerprint density at radius 2 is 1.58 bits per heavy atom. The second-order valence-electron chi connectivity index (χ2n) is 9.18. The van der Waals surface area contributed by atoms with E-state index in [2.05, 4.69) is 23.8 Å². The highest BCUT2D eigenvalue weighted by atomic mass is 35.5. The van der Waals surface area contributed by atoms with E-state index < -0.39 is 0 Å². The summed E-state index contributed by atoms with van der Waals surface area (Å²) < 4.78 is 5.73. The van der Waals surface area contributed by atoms with Crippen molar-refractivity contribution in [3.05, 3.63) is 41.2 Å². The van der Waals surface area contributed by atoms with Crippen molar-refractivity contribution < 1.29 is 4.74 Å². The number of halogens is 1. The van der Waals surface area contributed by atoms with Crippen molar-refractivity contribution >= 4 is 11.6 Å². The van der Waals surface area contributed by atoms with Crippen molar-refractivity contribution in [1.29, 1.82) is 0 Å². The van der Waals surface area contributed by atoms with Crippen LogP contribution in [0.25, 0.3) is 11.4 Å². The van der Waals surface area contributed by atoms with Crippen LogP contribution >= 0.6 is 11.6 Å². The van der Waals surface area contributed by atoms with Gasteiger partial charge >= 0.3 is 0 Å².